The summed E-state index contributed by atoms with van der Waals surface area (Å²) < 4.78 is 5.33. The maximum absolute atomic E-state index is 12.2. The highest BCUT2D eigenvalue weighted by molar-refractivity contribution is 5.94. The molecule has 3 rings (SSSR count). The molecule has 0 unspecified atom stereocenters. The van der Waals surface area contributed by atoms with Gasteiger partial charge in [0, 0.05) is 25.2 Å². The Morgan fingerprint density at radius 3 is 2.33 bits per heavy atom. The monoisotopic (exact) mass is 324 g/mol. The second-order valence-electron chi connectivity index (χ2n) is 6.01. The van der Waals surface area contributed by atoms with E-state index in [2.05, 4.69) is 22.3 Å². The highest BCUT2D eigenvalue weighted by Gasteiger charge is 2.10. The summed E-state index contributed by atoms with van der Waals surface area (Å²) >= 11 is 0. The van der Waals surface area contributed by atoms with Crippen molar-refractivity contribution in [3.8, 4) is 11.1 Å². The minimum atomic E-state index is -0.00316. The van der Waals surface area contributed by atoms with Gasteiger partial charge in [-0.1, -0.05) is 42.5 Å². The highest BCUT2D eigenvalue weighted by Crippen LogP contribution is 2.19. The number of rotatable bonds is 6. The average molecular weight is 324 g/mol. The van der Waals surface area contributed by atoms with Gasteiger partial charge in [-0.15, -0.1) is 0 Å². The summed E-state index contributed by atoms with van der Waals surface area (Å²) in [6.45, 7) is 5.34. The van der Waals surface area contributed by atoms with Crippen LogP contribution in [0.15, 0.2) is 54.6 Å². The fourth-order valence-corrected chi connectivity index (χ4v) is 2.88. The van der Waals surface area contributed by atoms with Gasteiger partial charge in [0.05, 0.1) is 13.2 Å². The predicted octanol–water partition coefficient (Wildman–Crippen LogP) is 2.81. The number of hydrogen-bond acceptors (Lipinski definition) is 3. The number of benzene rings is 2. The first kappa shape index (κ1) is 16.7. The molecule has 4 nitrogen and oxygen atoms in total. The number of hydrogen-bond donors (Lipinski definition) is 1. The van der Waals surface area contributed by atoms with Crippen molar-refractivity contribution < 1.29 is 9.53 Å². The Morgan fingerprint density at radius 1 is 0.958 bits per heavy atom. The van der Waals surface area contributed by atoms with Crippen LogP contribution in [-0.4, -0.2) is 50.2 Å². The summed E-state index contributed by atoms with van der Waals surface area (Å²) in [5, 5.41) is 3.00. The van der Waals surface area contributed by atoms with Gasteiger partial charge in [0.25, 0.3) is 5.91 Å². The molecule has 1 aliphatic heterocycles. The Morgan fingerprint density at radius 2 is 1.62 bits per heavy atom. The van der Waals surface area contributed by atoms with E-state index in [1.165, 1.54) is 0 Å². The lowest BCUT2D eigenvalue weighted by Gasteiger charge is -2.26. The molecule has 2 aromatic rings. The zero-order valence-corrected chi connectivity index (χ0v) is 13.9. The molecule has 2 aromatic carbocycles. The zero-order valence-electron chi connectivity index (χ0n) is 13.9. The molecule has 0 saturated carbocycles. The van der Waals surface area contributed by atoms with Crippen LogP contribution in [0.3, 0.4) is 0 Å². The number of carbonyl (C=O) groups is 1. The van der Waals surface area contributed by atoms with Crippen molar-refractivity contribution in [3.63, 3.8) is 0 Å². The molecular weight excluding hydrogens is 300 g/mol. The van der Waals surface area contributed by atoms with Crippen molar-refractivity contribution in [3.05, 3.63) is 60.2 Å². The van der Waals surface area contributed by atoms with Crippen LogP contribution in [0.1, 0.15) is 16.8 Å². The van der Waals surface area contributed by atoms with Crippen LogP contribution in [0, 0.1) is 0 Å². The Balaban J connectivity index is 1.45. The summed E-state index contributed by atoms with van der Waals surface area (Å²) in [6.07, 6.45) is 0.966. The second kappa shape index (κ2) is 8.62. The molecule has 1 N–H and O–H groups in total. The number of nitrogens with zero attached hydrogens (tertiary/aromatic N) is 1. The molecule has 1 amide bonds. The number of nitrogens with one attached hydrogen (secondary N) is 1. The van der Waals surface area contributed by atoms with Crippen LogP contribution in [0.25, 0.3) is 11.1 Å². The quantitative estimate of drug-likeness (QED) is 0.831. The number of ether oxygens (including phenoxy) is 1. The van der Waals surface area contributed by atoms with Crippen LogP contribution in [0.2, 0.25) is 0 Å². The van der Waals surface area contributed by atoms with E-state index in [0.717, 1.165) is 50.4 Å². The minimum Gasteiger partial charge on any atom is -0.379 e. The average Bonchev–Trinajstić information content (AvgIpc) is 2.67. The van der Waals surface area contributed by atoms with E-state index < -0.39 is 0 Å². The molecule has 1 heterocycles. The van der Waals surface area contributed by atoms with Gasteiger partial charge < -0.3 is 10.1 Å². The molecule has 0 aliphatic carbocycles. The van der Waals surface area contributed by atoms with Crippen molar-refractivity contribution in [2.45, 2.75) is 6.42 Å². The highest BCUT2D eigenvalue weighted by atomic mass is 16.5. The maximum Gasteiger partial charge on any atom is 0.251 e. The van der Waals surface area contributed by atoms with Gasteiger partial charge in [0.2, 0.25) is 0 Å². The molecule has 126 valence electrons. The summed E-state index contributed by atoms with van der Waals surface area (Å²) in [5.74, 6) is -0.00316. The van der Waals surface area contributed by atoms with Gasteiger partial charge in [-0.25, -0.2) is 0 Å². The summed E-state index contributed by atoms with van der Waals surface area (Å²) in [6, 6.07) is 18.0. The molecule has 1 fully saturated rings. The molecule has 0 atom stereocenters. The molecule has 1 saturated heterocycles. The van der Waals surface area contributed by atoms with E-state index in [4.69, 9.17) is 4.74 Å². The molecule has 0 radical (unpaired) electrons. The zero-order chi connectivity index (χ0) is 16.6. The van der Waals surface area contributed by atoms with Gasteiger partial charge in [-0.2, -0.15) is 0 Å². The molecular formula is C20H24N2O2. The predicted molar refractivity (Wildman–Crippen MR) is 96.1 cm³/mol. The van der Waals surface area contributed by atoms with Gasteiger partial charge in [0.1, 0.15) is 0 Å². The first-order valence-electron chi connectivity index (χ1n) is 8.57. The third kappa shape index (κ3) is 4.66. The third-order valence-corrected chi connectivity index (χ3v) is 4.29. The third-order valence-electron chi connectivity index (χ3n) is 4.29. The van der Waals surface area contributed by atoms with Gasteiger partial charge in [-0.05, 0) is 36.2 Å². The van der Waals surface area contributed by atoms with Crippen molar-refractivity contribution in [1.82, 2.24) is 10.2 Å². The fourth-order valence-electron chi connectivity index (χ4n) is 2.88. The Labute approximate surface area is 143 Å². The van der Waals surface area contributed by atoms with Crippen molar-refractivity contribution in [1.29, 1.82) is 0 Å². The molecule has 4 heteroatoms. The lowest BCUT2D eigenvalue weighted by molar-refractivity contribution is 0.0374. The number of carbonyl (C=O) groups excluding carboxylic acids is 1. The van der Waals surface area contributed by atoms with Crippen LogP contribution >= 0.6 is 0 Å². The lowest BCUT2D eigenvalue weighted by Crippen LogP contribution is -2.38. The molecule has 1 aliphatic rings. The molecule has 0 spiro atoms. The van der Waals surface area contributed by atoms with Gasteiger partial charge in [0.15, 0.2) is 0 Å². The molecule has 0 bridgehead atoms. The van der Waals surface area contributed by atoms with E-state index >= 15 is 0 Å². The maximum atomic E-state index is 12.2. The summed E-state index contributed by atoms with van der Waals surface area (Å²) in [7, 11) is 0. The standard InChI is InChI=1S/C20H24N2O2/c23-20(21-11-4-12-22-13-15-24-16-14-22)19-9-7-18(8-10-19)17-5-2-1-3-6-17/h1-3,5-10H,4,11-16H2,(H,21,23). The first-order valence-corrected chi connectivity index (χ1v) is 8.57. The van der Waals surface area contributed by atoms with E-state index in [1.54, 1.807) is 0 Å². The van der Waals surface area contributed by atoms with Crippen LogP contribution < -0.4 is 5.32 Å². The van der Waals surface area contributed by atoms with Gasteiger partial charge in [-0.3, -0.25) is 9.69 Å². The van der Waals surface area contributed by atoms with Crippen molar-refractivity contribution in [2.75, 3.05) is 39.4 Å². The topological polar surface area (TPSA) is 41.6 Å². The van der Waals surface area contributed by atoms with Crippen molar-refractivity contribution >= 4 is 5.91 Å². The Hall–Kier alpha value is -2.17. The van der Waals surface area contributed by atoms with Gasteiger partial charge >= 0.3 is 0 Å². The van der Waals surface area contributed by atoms with Crippen LogP contribution in [-0.2, 0) is 4.74 Å². The van der Waals surface area contributed by atoms with E-state index in [9.17, 15) is 4.79 Å². The van der Waals surface area contributed by atoms with Crippen LogP contribution in [0.5, 0.6) is 0 Å². The van der Waals surface area contributed by atoms with Crippen molar-refractivity contribution in [2.24, 2.45) is 0 Å². The summed E-state index contributed by atoms with van der Waals surface area (Å²) in [4.78, 5) is 14.6. The second-order valence-corrected chi connectivity index (χ2v) is 6.01. The fraction of sp³-hybridized carbons (Fsp3) is 0.350. The SMILES string of the molecule is O=C(NCCCN1CCOCC1)c1ccc(-c2ccccc2)cc1. The Kier molecular flexibility index (Phi) is 5.99. The summed E-state index contributed by atoms with van der Waals surface area (Å²) in [5.41, 5.74) is 3.00. The number of amides is 1. The van der Waals surface area contributed by atoms with E-state index in [-0.39, 0.29) is 5.91 Å². The number of morpholine rings is 1. The molecule has 24 heavy (non-hydrogen) atoms. The van der Waals surface area contributed by atoms with Crippen LogP contribution in [0.4, 0.5) is 0 Å². The minimum absolute atomic E-state index is 0.00316. The Bertz CT molecular complexity index is 634. The van der Waals surface area contributed by atoms with E-state index in [1.807, 2.05) is 42.5 Å². The lowest BCUT2D eigenvalue weighted by atomic mass is 10.0. The first-order chi connectivity index (χ1) is 11.8. The largest absolute Gasteiger partial charge is 0.379 e. The molecule has 0 aromatic heterocycles. The smallest absolute Gasteiger partial charge is 0.251 e. The normalized spacial score (nSPS) is 15.2. The van der Waals surface area contributed by atoms with E-state index in [0.29, 0.717) is 12.1 Å².